The van der Waals surface area contributed by atoms with Crippen LogP contribution in [-0.2, 0) is 0 Å². The van der Waals surface area contributed by atoms with E-state index in [4.69, 9.17) is 0 Å². The molecule has 1 aromatic rings. The Kier molecular flexibility index (Phi) is 6.22. The number of hydrogen-bond donors (Lipinski definition) is 0. The topological polar surface area (TPSA) is 20.3 Å². The number of nitrogens with zero attached hydrogens (tertiary/aromatic N) is 1. The summed E-state index contributed by atoms with van der Waals surface area (Å²) >= 11 is 0. The first kappa shape index (κ1) is 15.1. The maximum atomic E-state index is 12.6. The minimum atomic E-state index is -0.316. The molecule has 0 spiro atoms. The van der Waals surface area contributed by atoms with Crippen molar-refractivity contribution in [3.63, 3.8) is 0 Å². The van der Waals surface area contributed by atoms with Crippen molar-refractivity contribution in [3.05, 3.63) is 35.6 Å². The number of Topliss-reactive ketones (excluding diaryl/α,β-unsaturated/α-hetero) is 1. The summed E-state index contributed by atoms with van der Waals surface area (Å²) < 4.78 is 12.6. The van der Waals surface area contributed by atoms with E-state index < -0.39 is 0 Å². The van der Waals surface area contributed by atoms with Gasteiger partial charge in [-0.3, -0.25) is 9.69 Å². The zero-order valence-corrected chi connectivity index (χ0v) is 10.6. The van der Waals surface area contributed by atoms with Gasteiger partial charge in [-0.1, -0.05) is 0 Å². The Morgan fingerprint density at radius 3 is 2.25 bits per heavy atom. The molecule has 0 fully saturated rings. The Bertz CT molecular complexity index is 337. The molecule has 0 aliphatic heterocycles. The van der Waals surface area contributed by atoms with Crippen molar-refractivity contribution in [2.45, 2.75) is 19.9 Å². The van der Waals surface area contributed by atoms with Crippen LogP contribution in [-0.4, -0.2) is 30.3 Å². The molecule has 1 aromatic carbocycles. The van der Waals surface area contributed by atoms with Crippen molar-refractivity contribution >= 4 is 18.2 Å². The van der Waals surface area contributed by atoms with Gasteiger partial charge in [0, 0.05) is 11.6 Å². The fourth-order valence-corrected chi connectivity index (χ4v) is 1.14. The summed E-state index contributed by atoms with van der Waals surface area (Å²) in [5, 5.41) is 0. The molecule has 0 aliphatic rings. The quantitative estimate of drug-likeness (QED) is 0.761. The van der Waals surface area contributed by atoms with Crippen molar-refractivity contribution in [2.24, 2.45) is 0 Å². The third-order valence-electron chi connectivity index (χ3n) is 2.44. The molecule has 0 unspecified atom stereocenters. The maximum absolute atomic E-state index is 12.6. The van der Waals surface area contributed by atoms with Gasteiger partial charge in [-0.25, -0.2) is 4.39 Å². The highest BCUT2D eigenvalue weighted by Crippen LogP contribution is 2.05. The Morgan fingerprint density at radius 1 is 1.31 bits per heavy atom. The Hall–Kier alpha value is -0.930. The van der Waals surface area contributed by atoms with E-state index in [1.54, 1.807) is 0 Å². The van der Waals surface area contributed by atoms with Crippen molar-refractivity contribution in [1.82, 2.24) is 4.90 Å². The van der Waals surface area contributed by atoms with Crippen LogP contribution >= 0.6 is 12.4 Å². The minimum Gasteiger partial charge on any atom is -0.296 e. The van der Waals surface area contributed by atoms with Gasteiger partial charge >= 0.3 is 0 Å². The lowest BCUT2D eigenvalue weighted by Crippen LogP contribution is -2.31. The van der Waals surface area contributed by atoms with Crippen LogP contribution in [0.3, 0.4) is 0 Å². The molecule has 2 nitrogen and oxygen atoms in total. The van der Waals surface area contributed by atoms with Gasteiger partial charge in [0.15, 0.2) is 5.78 Å². The van der Waals surface area contributed by atoms with Crippen LogP contribution in [0.25, 0.3) is 0 Å². The summed E-state index contributed by atoms with van der Waals surface area (Å²) in [6.07, 6.45) is 0. The Balaban J connectivity index is 0.00000225. The summed E-state index contributed by atoms with van der Waals surface area (Å²) in [7, 11) is 1.89. The number of carbonyl (C=O) groups excluding carboxylic acids is 1. The number of ketones is 1. The van der Waals surface area contributed by atoms with E-state index in [9.17, 15) is 9.18 Å². The van der Waals surface area contributed by atoms with Gasteiger partial charge in [-0.05, 0) is 45.2 Å². The number of likely N-dealkylation sites (N-methyl/N-ethyl adjacent to an activating group) is 1. The summed E-state index contributed by atoms with van der Waals surface area (Å²) in [6, 6.07) is 5.98. The van der Waals surface area contributed by atoms with E-state index in [0.29, 0.717) is 18.2 Å². The van der Waals surface area contributed by atoms with Crippen LogP contribution in [0.1, 0.15) is 24.2 Å². The molecule has 0 radical (unpaired) electrons. The highest BCUT2D eigenvalue weighted by molar-refractivity contribution is 5.97. The van der Waals surface area contributed by atoms with Crippen LogP contribution in [0, 0.1) is 5.82 Å². The number of hydrogen-bond acceptors (Lipinski definition) is 2. The van der Waals surface area contributed by atoms with E-state index in [1.807, 2.05) is 25.8 Å². The lowest BCUT2D eigenvalue weighted by atomic mass is 10.1. The number of halogens is 2. The smallest absolute Gasteiger partial charge is 0.176 e. The lowest BCUT2D eigenvalue weighted by molar-refractivity contribution is 0.0929. The van der Waals surface area contributed by atoms with Crippen LogP contribution < -0.4 is 0 Å². The number of benzene rings is 1. The third-order valence-corrected chi connectivity index (χ3v) is 2.44. The molecule has 0 heterocycles. The molecule has 0 bridgehead atoms. The summed E-state index contributed by atoms with van der Waals surface area (Å²) in [4.78, 5) is 13.7. The third kappa shape index (κ3) is 4.29. The van der Waals surface area contributed by atoms with Gasteiger partial charge in [0.05, 0.1) is 6.54 Å². The minimum absolute atomic E-state index is 0. The molecule has 4 heteroatoms. The van der Waals surface area contributed by atoms with E-state index in [-0.39, 0.29) is 24.0 Å². The fourth-order valence-electron chi connectivity index (χ4n) is 1.14. The molecule has 0 N–H and O–H groups in total. The van der Waals surface area contributed by atoms with Gasteiger partial charge in [0.1, 0.15) is 5.82 Å². The zero-order chi connectivity index (χ0) is 11.4. The summed E-state index contributed by atoms with van der Waals surface area (Å²) in [5.41, 5.74) is 0.559. The van der Waals surface area contributed by atoms with Crippen LogP contribution in [0.4, 0.5) is 4.39 Å². The first-order valence-electron chi connectivity index (χ1n) is 4.99. The van der Waals surface area contributed by atoms with E-state index >= 15 is 0 Å². The summed E-state index contributed by atoms with van der Waals surface area (Å²) in [5.74, 6) is -0.296. The molecule has 0 saturated heterocycles. The highest BCUT2D eigenvalue weighted by Gasteiger charge is 2.11. The van der Waals surface area contributed by atoms with Crippen LogP contribution in [0.15, 0.2) is 24.3 Å². The molecule has 0 atom stereocenters. The van der Waals surface area contributed by atoms with Gasteiger partial charge < -0.3 is 0 Å². The first-order chi connectivity index (χ1) is 7.00. The van der Waals surface area contributed by atoms with Crippen molar-refractivity contribution < 1.29 is 9.18 Å². The van der Waals surface area contributed by atoms with Gasteiger partial charge in [0.2, 0.25) is 0 Å². The van der Waals surface area contributed by atoms with Gasteiger partial charge in [-0.15, -0.1) is 12.4 Å². The molecule has 0 aliphatic carbocycles. The fraction of sp³-hybridized carbons (Fsp3) is 0.417. The standard InChI is InChI=1S/C12H16FNO.ClH/c1-9(2)14(3)8-12(15)10-4-6-11(13)7-5-10;/h4-7,9H,8H2,1-3H3;1H. The van der Waals surface area contributed by atoms with E-state index in [2.05, 4.69) is 0 Å². The largest absolute Gasteiger partial charge is 0.296 e. The first-order valence-corrected chi connectivity index (χ1v) is 4.99. The molecular formula is C12H17ClFNO. The predicted molar refractivity (Wildman–Crippen MR) is 65.7 cm³/mol. The maximum Gasteiger partial charge on any atom is 0.176 e. The van der Waals surface area contributed by atoms with Crippen molar-refractivity contribution in [1.29, 1.82) is 0 Å². The van der Waals surface area contributed by atoms with E-state index in [1.165, 1.54) is 24.3 Å². The van der Waals surface area contributed by atoms with Crippen LogP contribution in [0.5, 0.6) is 0 Å². The van der Waals surface area contributed by atoms with Gasteiger partial charge in [0.25, 0.3) is 0 Å². The number of carbonyl (C=O) groups is 1. The molecule has 1 rings (SSSR count). The molecule has 0 aromatic heterocycles. The van der Waals surface area contributed by atoms with E-state index in [0.717, 1.165) is 0 Å². The molecule has 16 heavy (non-hydrogen) atoms. The Morgan fingerprint density at radius 2 is 1.81 bits per heavy atom. The zero-order valence-electron chi connectivity index (χ0n) is 9.74. The normalized spacial score (nSPS) is 10.4. The monoisotopic (exact) mass is 245 g/mol. The second-order valence-electron chi connectivity index (χ2n) is 3.94. The average Bonchev–Trinajstić information content (AvgIpc) is 2.18. The molecule has 0 saturated carbocycles. The Labute approximate surface area is 102 Å². The highest BCUT2D eigenvalue weighted by atomic mass is 35.5. The predicted octanol–water partition coefficient (Wildman–Crippen LogP) is 2.77. The average molecular weight is 246 g/mol. The van der Waals surface area contributed by atoms with Crippen molar-refractivity contribution in [3.8, 4) is 0 Å². The molecule has 0 amide bonds. The van der Waals surface area contributed by atoms with Crippen molar-refractivity contribution in [2.75, 3.05) is 13.6 Å². The number of rotatable bonds is 4. The second kappa shape index (κ2) is 6.61. The molecular weight excluding hydrogens is 229 g/mol. The second-order valence-corrected chi connectivity index (χ2v) is 3.94. The molecule has 90 valence electrons. The van der Waals surface area contributed by atoms with Crippen LogP contribution in [0.2, 0.25) is 0 Å². The van der Waals surface area contributed by atoms with Gasteiger partial charge in [-0.2, -0.15) is 0 Å². The summed E-state index contributed by atoms with van der Waals surface area (Å²) in [6.45, 7) is 4.42. The SMILES string of the molecule is CC(C)N(C)CC(=O)c1ccc(F)cc1.Cl. The lowest BCUT2D eigenvalue weighted by Gasteiger charge is -2.19.